The topological polar surface area (TPSA) is 97.9 Å². The maximum Gasteiger partial charge on any atom is 0.261 e. The predicted octanol–water partition coefficient (Wildman–Crippen LogP) is 4.31. The second-order valence-electron chi connectivity index (χ2n) is 7.97. The van der Waals surface area contributed by atoms with Gasteiger partial charge in [-0.3, -0.25) is 4.72 Å². The van der Waals surface area contributed by atoms with Crippen LogP contribution in [0.15, 0.2) is 65.6 Å². The fraction of sp³-hybridized carbons (Fsp3) is 0.250. The van der Waals surface area contributed by atoms with E-state index in [9.17, 15) is 8.42 Å². The lowest BCUT2D eigenvalue weighted by Crippen LogP contribution is -2.40. The molecule has 3 aromatic carbocycles. The van der Waals surface area contributed by atoms with Gasteiger partial charge in [-0.2, -0.15) is 0 Å². The number of sulfonamides is 1. The number of hydrogen-bond donors (Lipinski definition) is 3. The predicted molar refractivity (Wildman–Crippen MR) is 129 cm³/mol. The van der Waals surface area contributed by atoms with Gasteiger partial charge in [-0.15, -0.1) is 0 Å². The summed E-state index contributed by atoms with van der Waals surface area (Å²) < 4.78 is 44.4. The van der Waals surface area contributed by atoms with Gasteiger partial charge in [0.1, 0.15) is 5.66 Å². The number of nitrogens with one attached hydrogen (secondary N) is 3. The zero-order valence-electron chi connectivity index (χ0n) is 18.9. The molecule has 3 aromatic rings. The highest BCUT2D eigenvalue weighted by Crippen LogP contribution is 2.40. The fourth-order valence-electron chi connectivity index (χ4n) is 3.96. The van der Waals surface area contributed by atoms with Gasteiger partial charge in [-0.05, 0) is 36.8 Å². The Morgan fingerprint density at radius 3 is 1.88 bits per heavy atom. The van der Waals surface area contributed by atoms with Gasteiger partial charge in [0.05, 0.1) is 43.3 Å². The molecule has 0 saturated heterocycles. The molecule has 1 aliphatic heterocycles. The minimum atomic E-state index is -3.82. The number of hydrogen-bond acceptors (Lipinski definition) is 7. The fourth-order valence-corrected chi connectivity index (χ4v) is 5.00. The van der Waals surface area contributed by atoms with E-state index in [0.717, 1.165) is 16.9 Å². The Kier molecular flexibility index (Phi) is 5.99. The maximum atomic E-state index is 13.0. The summed E-state index contributed by atoms with van der Waals surface area (Å²) in [5.74, 6) is 1.10. The van der Waals surface area contributed by atoms with Crippen LogP contribution in [0.2, 0.25) is 0 Å². The van der Waals surface area contributed by atoms with Crippen molar-refractivity contribution in [3.8, 4) is 17.2 Å². The smallest absolute Gasteiger partial charge is 0.261 e. The molecular weight excluding hydrogens is 442 g/mol. The molecule has 0 saturated carbocycles. The summed E-state index contributed by atoms with van der Waals surface area (Å²) in [6.45, 7) is 2.07. The van der Waals surface area contributed by atoms with Crippen molar-refractivity contribution in [3.63, 3.8) is 0 Å². The van der Waals surface area contributed by atoms with E-state index in [1.165, 1.54) is 21.3 Å². The van der Waals surface area contributed by atoms with Gasteiger partial charge in [0.15, 0.2) is 11.5 Å². The van der Waals surface area contributed by atoms with Gasteiger partial charge in [-0.1, -0.05) is 24.3 Å². The van der Waals surface area contributed by atoms with Crippen LogP contribution in [0.25, 0.3) is 0 Å². The van der Waals surface area contributed by atoms with E-state index in [-0.39, 0.29) is 10.6 Å². The van der Waals surface area contributed by atoms with Crippen LogP contribution in [0.1, 0.15) is 12.5 Å². The highest BCUT2D eigenvalue weighted by molar-refractivity contribution is 7.92. The van der Waals surface area contributed by atoms with E-state index in [0.29, 0.717) is 29.4 Å². The van der Waals surface area contributed by atoms with Crippen molar-refractivity contribution < 1.29 is 22.6 Å². The molecule has 0 fully saturated rings. The Hall–Kier alpha value is -3.59. The van der Waals surface area contributed by atoms with E-state index < -0.39 is 10.0 Å². The summed E-state index contributed by atoms with van der Waals surface area (Å²) in [6.07, 6.45) is 0.669. The number of methoxy groups -OCH3 is 3. The summed E-state index contributed by atoms with van der Waals surface area (Å²) in [5.41, 5.74) is 3.04. The van der Waals surface area contributed by atoms with E-state index in [1.54, 1.807) is 24.3 Å². The van der Waals surface area contributed by atoms with Crippen molar-refractivity contribution in [2.24, 2.45) is 0 Å². The number of rotatable bonds is 8. The first-order valence-electron chi connectivity index (χ1n) is 10.3. The lowest BCUT2D eigenvalue weighted by atomic mass is 10.0. The molecule has 4 rings (SSSR count). The molecule has 0 unspecified atom stereocenters. The molecule has 0 amide bonds. The highest BCUT2D eigenvalue weighted by atomic mass is 32.2. The van der Waals surface area contributed by atoms with Crippen molar-refractivity contribution >= 4 is 27.1 Å². The summed E-state index contributed by atoms with van der Waals surface area (Å²) in [5, 5.41) is 6.98. The van der Waals surface area contributed by atoms with Crippen molar-refractivity contribution in [2.45, 2.75) is 23.9 Å². The van der Waals surface area contributed by atoms with Gasteiger partial charge < -0.3 is 24.8 Å². The van der Waals surface area contributed by atoms with Gasteiger partial charge in [0.2, 0.25) is 5.75 Å². The molecule has 0 bridgehead atoms. The Labute approximate surface area is 193 Å². The first-order valence-corrected chi connectivity index (χ1v) is 11.8. The molecule has 0 aliphatic carbocycles. The third-order valence-electron chi connectivity index (χ3n) is 5.46. The second kappa shape index (κ2) is 8.74. The SMILES string of the molecule is COc1cc(NS(=O)(=O)c2ccc(CC3(C)Nc4ccccc4N3)cc2)cc(OC)c1OC. The van der Waals surface area contributed by atoms with Gasteiger partial charge in [-0.25, -0.2) is 8.42 Å². The lowest BCUT2D eigenvalue weighted by molar-refractivity contribution is 0.325. The molecule has 1 aliphatic rings. The average molecular weight is 470 g/mol. The van der Waals surface area contributed by atoms with Crippen LogP contribution in [-0.4, -0.2) is 35.4 Å². The number of benzene rings is 3. The minimum Gasteiger partial charge on any atom is -0.493 e. The monoisotopic (exact) mass is 469 g/mol. The molecule has 33 heavy (non-hydrogen) atoms. The Morgan fingerprint density at radius 1 is 0.848 bits per heavy atom. The van der Waals surface area contributed by atoms with Crippen LogP contribution in [0, 0.1) is 0 Å². The third-order valence-corrected chi connectivity index (χ3v) is 6.85. The zero-order chi connectivity index (χ0) is 23.6. The van der Waals surface area contributed by atoms with Gasteiger partial charge in [0.25, 0.3) is 10.0 Å². The quantitative estimate of drug-likeness (QED) is 0.452. The number of para-hydroxylation sites is 2. The Morgan fingerprint density at radius 2 is 1.39 bits per heavy atom. The average Bonchev–Trinajstić information content (AvgIpc) is 3.14. The van der Waals surface area contributed by atoms with Crippen LogP contribution in [0.3, 0.4) is 0 Å². The summed E-state index contributed by atoms with van der Waals surface area (Å²) in [6, 6.07) is 18.0. The first kappa shape index (κ1) is 22.6. The van der Waals surface area contributed by atoms with Crippen LogP contribution in [-0.2, 0) is 16.4 Å². The van der Waals surface area contributed by atoms with Crippen molar-refractivity contribution in [1.82, 2.24) is 0 Å². The highest BCUT2D eigenvalue weighted by Gasteiger charge is 2.31. The second-order valence-corrected chi connectivity index (χ2v) is 9.65. The number of fused-ring (bicyclic) bond motifs is 1. The molecule has 0 atom stereocenters. The van der Waals surface area contributed by atoms with E-state index in [1.807, 2.05) is 36.4 Å². The van der Waals surface area contributed by atoms with E-state index in [2.05, 4.69) is 22.3 Å². The van der Waals surface area contributed by atoms with Gasteiger partial charge >= 0.3 is 0 Å². The third kappa shape index (κ3) is 4.63. The van der Waals surface area contributed by atoms with Crippen LogP contribution < -0.4 is 29.6 Å². The zero-order valence-corrected chi connectivity index (χ0v) is 19.7. The largest absolute Gasteiger partial charge is 0.493 e. The Bertz CT molecular complexity index is 1210. The van der Waals surface area contributed by atoms with Gasteiger partial charge in [0, 0.05) is 18.6 Å². The number of anilines is 3. The maximum absolute atomic E-state index is 13.0. The lowest BCUT2D eigenvalue weighted by Gasteiger charge is -2.26. The van der Waals surface area contributed by atoms with Crippen molar-refractivity contribution in [1.29, 1.82) is 0 Å². The molecule has 0 aromatic heterocycles. The molecule has 1 heterocycles. The minimum absolute atomic E-state index is 0.154. The van der Waals surface area contributed by atoms with Crippen molar-refractivity contribution in [2.75, 3.05) is 36.7 Å². The first-order chi connectivity index (χ1) is 15.8. The number of ether oxygens (including phenoxy) is 3. The van der Waals surface area contributed by atoms with Crippen LogP contribution >= 0.6 is 0 Å². The van der Waals surface area contributed by atoms with E-state index >= 15 is 0 Å². The molecule has 3 N–H and O–H groups in total. The molecule has 174 valence electrons. The van der Waals surface area contributed by atoms with Crippen LogP contribution in [0.4, 0.5) is 17.1 Å². The molecule has 9 heteroatoms. The molecule has 0 radical (unpaired) electrons. The molecule has 8 nitrogen and oxygen atoms in total. The molecular formula is C24H27N3O5S. The van der Waals surface area contributed by atoms with Crippen molar-refractivity contribution in [3.05, 3.63) is 66.2 Å². The normalized spacial score (nSPS) is 13.9. The summed E-state index contributed by atoms with van der Waals surface area (Å²) >= 11 is 0. The van der Waals surface area contributed by atoms with Crippen LogP contribution in [0.5, 0.6) is 17.2 Å². The summed E-state index contributed by atoms with van der Waals surface area (Å²) in [4.78, 5) is 0.154. The van der Waals surface area contributed by atoms with E-state index in [4.69, 9.17) is 14.2 Å². The summed E-state index contributed by atoms with van der Waals surface area (Å²) in [7, 11) is 0.616. The Balaban J connectivity index is 1.51. The standard InChI is InChI=1S/C24H27N3O5S/c1-24(25-19-7-5-6-8-20(19)26-24)15-16-9-11-18(12-10-16)33(28,29)27-17-13-21(30-2)23(32-4)22(14-17)31-3/h5-14,25-27H,15H2,1-4H3. The molecule has 0 spiro atoms.